The van der Waals surface area contributed by atoms with Gasteiger partial charge in [-0.25, -0.2) is 8.78 Å². The van der Waals surface area contributed by atoms with E-state index in [1.165, 1.54) is 30.3 Å². The van der Waals surface area contributed by atoms with Crippen LogP contribution in [0.3, 0.4) is 0 Å². The number of phenolic OH excluding ortho intramolecular Hbond substituents is 1. The van der Waals surface area contributed by atoms with E-state index in [0.29, 0.717) is 0 Å². The van der Waals surface area contributed by atoms with Crippen molar-refractivity contribution < 1.29 is 28.5 Å². The number of aromatic hydroxyl groups is 1. The highest BCUT2D eigenvalue weighted by molar-refractivity contribution is 5.66. The summed E-state index contributed by atoms with van der Waals surface area (Å²) in [6.45, 7) is -0.0176. The van der Waals surface area contributed by atoms with E-state index in [4.69, 9.17) is 14.9 Å². The third-order valence-corrected chi connectivity index (χ3v) is 2.26. The number of hydrogen-bond donors (Lipinski definition) is 2. The van der Waals surface area contributed by atoms with Gasteiger partial charge >= 0.3 is 5.97 Å². The fourth-order valence-electron chi connectivity index (χ4n) is 1.26. The molecule has 0 heterocycles. The van der Waals surface area contributed by atoms with Crippen molar-refractivity contribution in [2.45, 2.75) is 6.42 Å². The second kappa shape index (κ2) is 8.52. The van der Waals surface area contributed by atoms with E-state index in [2.05, 4.69) is 0 Å². The van der Waals surface area contributed by atoms with E-state index < -0.39 is 17.6 Å². The molecule has 0 aromatic heterocycles. The molecule has 0 fully saturated rings. The average molecular weight is 296 g/mol. The average Bonchev–Trinajstić information content (AvgIpc) is 2.45. The summed E-state index contributed by atoms with van der Waals surface area (Å²) in [6, 6.07) is 11.5. The van der Waals surface area contributed by atoms with Crippen LogP contribution >= 0.6 is 0 Å². The van der Waals surface area contributed by atoms with Crippen molar-refractivity contribution in [2.75, 3.05) is 6.61 Å². The van der Waals surface area contributed by atoms with Crippen LogP contribution in [0.5, 0.6) is 11.5 Å². The van der Waals surface area contributed by atoms with E-state index in [9.17, 15) is 13.6 Å². The molecule has 21 heavy (non-hydrogen) atoms. The van der Waals surface area contributed by atoms with Crippen LogP contribution in [-0.4, -0.2) is 22.8 Å². The van der Waals surface area contributed by atoms with Crippen molar-refractivity contribution in [1.82, 2.24) is 0 Å². The van der Waals surface area contributed by atoms with Gasteiger partial charge in [0.1, 0.15) is 0 Å². The predicted octanol–water partition coefficient (Wildman–Crippen LogP) is 3.21. The zero-order valence-corrected chi connectivity index (χ0v) is 11.0. The monoisotopic (exact) mass is 296 g/mol. The minimum absolute atomic E-state index is 0.0176. The molecule has 0 bridgehead atoms. The molecule has 4 nitrogen and oxygen atoms in total. The minimum atomic E-state index is -0.962. The predicted molar refractivity (Wildman–Crippen MR) is 72.2 cm³/mol. The van der Waals surface area contributed by atoms with Gasteiger partial charge in [-0.15, -0.1) is 0 Å². The number of benzene rings is 2. The van der Waals surface area contributed by atoms with E-state index >= 15 is 0 Å². The molecule has 2 rings (SSSR count). The molecular formula is C15H14F2O4. The smallest absolute Gasteiger partial charge is 0.306 e. The molecule has 0 saturated carbocycles. The highest BCUT2D eigenvalue weighted by Gasteiger charge is 2.02. The third kappa shape index (κ3) is 6.38. The third-order valence-electron chi connectivity index (χ3n) is 2.26. The molecule has 0 aliphatic rings. The maximum absolute atomic E-state index is 12.8. The van der Waals surface area contributed by atoms with Crippen LogP contribution in [0.15, 0.2) is 48.5 Å². The standard InChI is InChI=1S/C9H9FO3.C6H5FO/c10-7-3-1-2-4-8(7)13-6-5-9(11)12;7-5-3-1-2-4-6(5)8/h1-4H,5-6H2,(H,11,12);1-4,8H. The van der Waals surface area contributed by atoms with E-state index in [0.717, 1.165) is 0 Å². The zero-order valence-electron chi connectivity index (χ0n) is 11.0. The number of carbonyl (C=O) groups is 1. The number of carboxylic acid groups (broad SMARTS) is 1. The van der Waals surface area contributed by atoms with Gasteiger partial charge in [0.05, 0.1) is 13.0 Å². The fourth-order valence-corrected chi connectivity index (χ4v) is 1.26. The molecule has 0 unspecified atom stereocenters. The van der Waals surface area contributed by atoms with Crippen molar-refractivity contribution >= 4 is 5.97 Å². The Kier molecular flexibility index (Phi) is 6.67. The molecule has 0 atom stereocenters. The van der Waals surface area contributed by atoms with Gasteiger partial charge in [-0.2, -0.15) is 0 Å². The highest BCUT2D eigenvalue weighted by Crippen LogP contribution is 2.15. The maximum atomic E-state index is 12.8. The summed E-state index contributed by atoms with van der Waals surface area (Å²) in [6.07, 6.45) is -0.131. The Balaban J connectivity index is 0.000000235. The van der Waals surface area contributed by atoms with Crippen LogP contribution in [0.25, 0.3) is 0 Å². The Morgan fingerprint density at radius 1 is 1.00 bits per heavy atom. The Hall–Kier alpha value is -2.63. The number of halogens is 2. The minimum Gasteiger partial charge on any atom is -0.505 e. The normalized spacial score (nSPS) is 9.43. The summed E-state index contributed by atoms with van der Waals surface area (Å²) in [5.74, 6) is -2.23. The largest absolute Gasteiger partial charge is 0.505 e. The summed E-state index contributed by atoms with van der Waals surface area (Å²) in [7, 11) is 0. The van der Waals surface area contributed by atoms with E-state index in [1.54, 1.807) is 18.2 Å². The number of ether oxygens (including phenoxy) is 1. The Morgan fingerprint density at radius 3 is 2.05 bits per heavy atom. The van der Waals surface area contributed by atoms with Gasteiger partial charge in [-0.05, 0) is 24.3 Å². The Bertz CT molecular complexity index is 566. The fraction of sp³-hybridized carbons (Fsp3) is 0.133. The summed E-state index contributed by atoms with van der Waals surface area (Å²) >= 11 is 0. The first-order chi connectivity index (χ1) is 10.0. The number of rotatable bonds is 4. The zero-order chi connectivity index (χ0) is 15.7. The van der Waals surface area contributed by atoms with Gasteiger partial charge in [-0.1, -0.05) is 24.3 Å². The molecule has 2 N–H and O–H groups in total. The van der Waals surface area contributed by atoms with Gasteiger partial charge < -0.3 is 14.9 Å². The van der Waals surface area contributed by atoms with Crippen LogP contribution in [0.1, 0.15) is 6.42 Å². The highest BCUT2D eigenvalue weighted by atomic mass is 19.1. The van der Waals surface area contributed by atoms with Crippen molar-refractivity contribution in [1.29, 1.82) is 0 Å². The lowest BCUT2D eigenvalue weighted by molar-refractivity contribution is -0.137. The molecular weight excluding hydrogens is 282 g/mol. The van der Waals surface area contributed by atoms with Crippen molar-refractivity contribution in [2.24, 2.45) is 0 Å². The topological polar surface area (TPSA) is 66.8 Å². The summed E-state index contributed by atoms with van der Waals surface area (Å²) < 4.78 is 29.8. The first-order valence-corrected chi connectivity index (χ1v) is 6.03. The number of phenols is 1. The quantitative estimate of drug-likeness (QED) is 0.909. The van der Waals surface area contributed by atoms with Crippen LogP contribution in [0, 0.1) is 11.6 Å². The first kappa shape index (κ1) is 16.4. The van der Waals surface area contributed by atoms with Gasteiger partial charge in [0.25, 0.3) is 0 Å². The number of hydrogen-bond acceptors (Lipinski definition) is 3. The molecule has 0 amide bonds. The Labute approximate surface area is 120 Å². The van der Waals surface area contributed by atoms with Gasteiger partial charge in [0, 0.05) is 0 Å². The number of aliphatic carboxylic acids is 1. The second-order valence-corrected chi connectivity index (χ2v) is 3.87. The molecule has 2 aromatic carbocycles. The lowest BCUT2D eigenvalue weighted by Gasteiger charge is -2.04. The lowest BCUT2D eigenvalue weighted by Crippen LogP contribution is -2.05. The van der Waals surface area contributed by atoms with Gasteiger partial charge in [0.15, 0.2) is 23.1 Å². The lowest BCUT2D eigenvalue weighted by atomic mass is 10.3. The molecule has 0 aliphatic carbocycles. The summed E-state index contributed by atoms with van der Waals surface area (Å²) in [5, 5.41) is 16.8. The molecule has 112 valence electrons. The van der Waals surface area contributed by atoms with Crippen LogP contribution in [-0.2, 0) is 4.79 Å². The van der Waals surface area contributed by atoms with Crippen molar-refractivity contribution in [3.8, 4) is 11.5 Å². The molecule has 0 saturated heterocycles. The summed E-state index contributed by atoms with van der Waals surface area (Å²) in [5.41, 5.74) is 0. The summed E-state index contributed by atoms with van der Waals surface area (Å²) in [4.78, 5) is 10.1. The van der Waals surface area contributed by atoms with Crippen molar-refractivity contribution in [3.05, 3.63) is 60.2 Å². The maximum Gasteiger partial charge on any atom is 0.306 e. The van der Waals surface area contributed by atoms with Crippen LogP contribution in [0.4, 0.5) is 8.78 Å². The molecule has 6 heteroatoms. The van der Waals surface area contributed by atoms with Crippen LogP contribution in [0.2, 0.25) is 0 Å². The van der Waals surface area contributed by atoms with Gasteiger partial charge in [-0.3, -0.25) is 4.79 Å². The van der Waals surface area contributed by atoms with E-state index in [1.807, 2.05) is 0 Å². The molecule has 0 aliphatic heterocycles. The Morgan fingerprint density at radius 2 is 1.57 bits per heavy atom. The molecule has 2 aromatic rings. The number of para-hydroxylation sites is 2. The van der Waals surface area contributed by atoms with Gasteiger partial charge in [0.2, 0.25) is 0 Å². The van der Waals surface area contributed by atoms with E-state index in [-0.39, 0.29) is 24.5 Å². The van der Waals surface area contributed by atoms with Crippen molar-refractivity contribution in [3.63, 3.8) is 0 Å². The first-order valence-electron chi connectivity index (χ1n) is 6.03. The number of carboxylic acids is 1. The second-order valence-electron chi connectivity index (χ2n) is 3.87. The molecule has 0 radical (unpaired) electrons. The SMILES string of the molecule is O=C(O)CCOc1ccccc1F.Oc1ccccc1F. The molecule has 0 spiro atoms. The van der Waals surface area contributed by atoms with Crippen LogP contribution < -0.4 is 4.74 Å².